The van der Waals surface area contributed by atoms with Gasteiger partial charge in [0.25, 0.3) is 5.91 Å². The van der Waals surface area contributed by atoms with Gasteiger partial charge in [0.1, 0.15) is 11.4 Å². The second-order valence-corrected chi connectivity index (χ2v) is 10.0. The van der Waals surface area contributed by atoms with Crippen LogP contribution in [-0.4, -0.2) is 35.2 Å². The number of hydrogen-bond acceptors (Lipinski definition) is 4. The highest BCUT2D eigenvalue weighted by molar-refractivity contribution is 6.30. The molecule has 2 heterocycles. The monoisotopic (exact) mass is 485 g/mol. The number of hydrogen-bond donors (Lipinski definition) is 2. The van der Waals surface area contributed by atoms with E-state index >= 15 is 0 Å². The fourth-order valence-corrected chi connectivity index (χ4v) is 5.24. The molecule has 1 saturated heterocycles. The Kier molecular flexibility index (Phi) is 7.48. The molecular weight excluding hydrogens is 454 g/mol. The van der Waals surface area contributed by atoms with Crippen LogP contribution in [0.3, 0.4) is 0 Å². The van der Waals surface area contributed by atoms with Crippen molar-refractivity contribution in [1.29, 1.82) is 0 Å². The molecule has 182 valence electrons. The third kappa shape index (κ3) is 5.56. The van der Waals surface area contributed by atoms with Crippen LogP contribution in [0.2, 0.25) is 5.02 Å². The van der Waals surface area contributed by atoms with Crippen molar-refractivity contribution in [3.63, 3.8) is 0 Å². The van der Waals surface area contributed by atoms with Gasteiger partial charge >= 0.3 is 5.97 Å². The summed E-state index contributed by atoms with van der Waals surface area (Å²) in [6, 6.07) is 12.8. The largest absolute Gasteiger partial charge is 0.487 e. The maximum absolute atomic E-state index is 12.4. The summed E-state index contributed by atoms with van der Waals surface area (Å²) in [6.07, 6.45) is 4.22. The fourth-order valence-electron chi connectivity index (χ4n) is 5.11. The Morgan fingerprint density at radius 2 is 1.94 bits per heavy atom. The smallest absolute Gasteiger partial charge is 0.303 e. The molecule has 0 aromatic heterocycles. The quantitative estimate of drug-likeness (QED) is 0.477. The Balaban J connectivity index is 1.44. The summed E-state index contributed by atoms with van der Waals surface area (Å²) in [6.45, 7) is 4.79. The second kappa shape index (κ2) is 10.4. The van der Waals surface area contributed by atoms with Gasteiger partial charge in [0.15, 0.2) is 0 Å². The van der Waals surface area contributed by atoms with Crippen LogP contribution in [0.25, 0.3) is 0 Å². The molecular formula is C27H32ClNO5. The summed E-state index contributed by atoms with van der Waals surface area (Å²) in [5, 5.41) is 12.6. The van der Waals surface area contributed by atoms with E-state index < -0.39 is 11.6 Å². The molecule has 0 unspecified atom stereocenters. The zero-order valence-electron chi connectivity index (χ0n) is 19.7. The highest BCUT2D eigenvalue weighted by Gasteiger charge is 2.49. The molecule has 0 aliphatic carbocycles. The van der Waals surface area contributed by atoms with E-state index in [1.165, 1.54) is 0 Å². The van der Waals surface area contributed by atoms with Crippen LogP contribution < -0.4 is 10.1 Å². The minimum absolute atomic E-state index is 0.0466. The molecule has 7 heteroatoms. The van der Waals surface area contributed by atoms with E-state index in [1.807, 2.05) is 18.2 Å². The Morgan fingerprint density at radius 3 is 2.68 bits per heavy atom. The van der Waals surface area contributed by atoms with Gasteiger partial charge < -0.3 is 19.9 Å². The number of fused-ring (bicyclic) bond motifs is 3. The van der Waals surface area contributed by atoms with Crippen molar-refractivity contribution >= 4 is 23.5 Å². The molecule has 34 heavy (non-hydrogen) atoms. The molecule has 0 radical (unpaired) electrons. The van der Waals surface area contributed by atoms with E-state index in [9.17, 15) is 9.59 Å². The molecule has 2 aliphatic heterocycles. The van der Waals surface area contributed by atoms with Gasteiger partial charge in [-0.05, 0) is 81.8 Å². The van der Waals surface area contributed by atoms with E-state index in [0.29, 0.717) is 23.6 Å². The topological polar surface area (TPSA) is 84.9 Å². The maximum Gasteiger partial charge on any atom is 0.303 e. The van der Waals surface area contributed by atoms with Crippen molar-refractivity contribution in [2.45, 2.75) is 70.2 Å². The van der Waals surface area contributed by atoms with Gasteiger partial charge in [-0.15, -0.1) is 0 Å². The fraction of sp³-hybridized carbons (Fsp3) is 0.481. The molecule has 2 aromatic carbocycles. The van der Waals surface area contributed by atoms with Gasteiger partial charge in [-0.1, -0.05) is 23.7 Å². The number of amides is 1. The van der Waals surface area contributed by atoms with Crippen LogP contribution in [0.5, 0.6) is 5.75 Å². The van der Waals surface area contributed by atoms with Crippen LogP contribution in [0.4, 0.5) is 0 Å². The highest BCUT2D eigenvalue weighted by Crippen LogP contribution is 2.52. The predicted octanol–water partition coefficient (Wildman–Crippen LogP) is 5.57. The first kappa shape index (κ1) is 24.6. The maximum atomic E-state index is 12.4. The number of aryl methyl sites for hydroxylation is 1. The normalized spacial score (nSPS) is 25.6. The summed E-state index contributed by atoms with van der Waals surface area (Å²) in [7, 11) is 0. The summed E-state index contributed by atoms with van der Waals surface area (Å²) >= 11 is 5.90. The van der Waals surface area contributed by atoms with Crippen molar-refractivity contribution in [1.82, 2.24) is 5.32 Å². The lowest BCUT2D eigenvalue weighted by Crippen LogP contribution is -2.50. The molecule has 0 spiro atoms. The molecule has 0 bridgehead atoms. The van der Waals surface area contributed by atoms with E-state index in [-0.39, 0.29) is 30.5 Å². The van der Waals surface area contributed by atoms with Crippen LogP contribution >= 0.6 is 11.6 Å². The van der Waals surface area contributed by atoms with Gasteiger partial charge in [0.05, 0.1) is 12.2 Å². The zero-order chi connectivity index (χ0) is 24.3. The van der Waals surface area contributed by atoms with Gasteiger partial charge in [0.2, 0.25) is 0 Å². The number of carboxylic acid groups (broad SMARTS) is 1. The van der Waals surface area contributed by atoms with Gasteiger partial charge in [0, 0.05) is 35.0 Å². The summed E-state index contributed by atoms with van der Waals surface area (Å²) in [5.74, 6) is 0.0695. The van der Waals surface area contributed by atoms with E-state index in [1.54, 1.807) is 24.3 Å². The van der Waals surface area contributed by atoms with Gasteiger partial charge in [-0.2, -0.15) is 0 Å². The first-order valence-corrected chi connectivity index (χ1v) is 12.4. The van der Waals surface area contributed by atoms with Crippen molar-refractivity contribution in [2.24, 2.45) is 5.92 Å². The molecule has 0 saturated carbocycles. The number of rotatable bonds is 8. The SMILES string of the molecule is C[C@@H]1CC[C@@H]2[C@@H](O1)c1ccc(CCC(=O)O)cc1O[C@@]2(C)CCCNC(=O)c1ccc(Cl)cc1. The number of carbonyl (C=O) groups excluding carboxylic acids is 1. The Bertz CT molecular complexity index is 1040. The standard InChI is InChI=1S/C27H32ClNO5/c1-17-4-12-22-25(33-17)21-11-5-18(6-13-24(30)31)16-23(21)34-27(22,2)14-3-15-29-26(32)19-7-9-20(28)10-8-19/h5,7-11,16-17,22,25H,3-4,6,12-15H2,1-2H3,(H,29,32)(H,30,31)/t17-,22-,25+,27+/m1/s1. The minimum atomic E-state index is -0.811. The number of aliphatic carboxylic acids is 1. The Labute approximate surface area is 205 Å². The lowest BCUT2D eigenvalue weighted by Gasteiger charge is -2.50. The Hall–Kier alpha value is -2.57. The second-order valence-electron chi connectivity index (χ2n) is 9.60. The number of nitrogens with one attached hydrogen (secondary N) is 1. The van der Waals surface area contributed by atoms with Gasteiger partial charge in [-0.25, -0.2) is 0 Å². The number of carbonyl (C=O) groups is 2. The number of ether oxygens (including phenoxy) is 2. The third-order valence-corrected chi connectivity index (χ3v) is 7.26. The summed E-state index contributed by atoms with van der Waals surface area (Å²) in [4.78, 5) is 23.4. The molecule has 1 fully saturated rings. The molecule has 2 N–H and O–H groups in total. The molecule has 6 nitrogen and oxygen atoms in total. The Morgan fingerprint density at radius 1 is 1.18 bits per heavy atom. The van der Waals surface area contributed by atoms with Crippen LogP contribution in [0, 0.1) is 5.92 Å². The highest BCUT2D eigenvalue weighted by atomic mass is 35.5. The van der Waals surface area contributed by atoms with Crippen LogP contribution in [-0.2, 0) is 16.0 Å². The zero-order valence-corrected chi connectivity index (χ0v) is 20.4. The van der Waals surface area contributed by atoms with Crippen LogP contribution in [0.15, 0.2) is 42.5 Å². The van der Waals surface area contributed by atoms with Crippen LogP contribution in [0.1, 0.15) is 73.5 Å². The molecule has 2 aromatic rings. The number of benzene rings is 2. The molecule has 4 rings (SSSR count). The lowest BCUT2D eigenvalue weighted by molar-refractivity contribution is -0.152. The molecule has 4 atom stereocenters. The van der Waals surface area contributed by atoms with E-state index in [4.69, 9.17) is 26.2 Å². The average molecular weight is 486 g/mol. The predicted molar refractivity (Wildman–Crippen MR) is 130 cm³/mol. The number of carboxylic acids is 1. The van der Waals surface area contributed by atoms with Crippen molar-refractivity contribution in [3.8, 4) is 5.75 Å². The third-order valence-electron chi connectivity index (χ3n) is 7.01. The minimum Gasteiger partial charge on any atom is -0.487 e. The van der Waals surface area contributed by atoms with E-state index in [2.05, 4.69) is 19.2 Å². The summed E-state index contributed by atoms with van der Waals surface area (Å²) < 4.78 is 13.0. The van der Waals surface area contributed by atoms with Crippen molar-refractivity contribution in [3.05, 3.63) is 64.2 Å². The van der Waals surface area contributed by atoms with E-state index in [0.717, 1.165) is 42.6 Å². The molecule has 1 amide bonds. The van der Waals surface area contributed by atoms with Gasteiger partial charge in [-0.3, -0.25) is 9.59 Å². The summed E-state index contributed by atoms with van der Waals surface area (Å²) in [5.41, 5.74) is 2.14. The first-order chi connectivity index (χ1) is 16.2. The number of halogens is 1. The molecule has 2 aliphatic rings. The van der Waals surface area contributed by atoms with Crippen molar-refractivity contribution in [2.75, 3.05) is 6.54 Å². The van der Waals surface area contributed by atoms with Crippen molar-refractivity contribution < 1.29 is 24.2 Å². The lowest BCUT2D eigenvalue weighted by atomic mass is 9.72. The first-order valence-electron chi connectivity index (χ1n) is 12.0. The average Bonchev–Trinajstić information content (AvgIpc) is 2.80.